The van der Waals surface area contributed by atoms with Crippen molar-refractivity contribution in [2.24, 2.45) is 0 Å². The van der Waals surface area contributed by atoms with E-state index >= 15 is 0 Å². The molecule has 1 aliphatic rings. The summed E-state index contributed by atoms with van der Waals surface area (Å²) in [6.07, 6.45) is 0. The minimum atomic E-state index is -4.00. The second-order valence-electron chi connectivity index (χ2n) is 8.17. The fourth-order valence-electron chi connectivity index (χ4n) is 4.11. The molecule has 2 heterocycles. The lowest BCUT2D eigenvalue weighted by molar-refractivity contribution is 0.270. The van der Waals surface area contributed by atoms with Gasteiger partial charge in [-0.25, -0.2) is 18.4 Å². The zero-order valence-electron chi connectivity index (χ0n) is 18.6. The summed E-state index contributed by atoms with van der Waals surface area (Å²) in [6, 6.07) is 14.7. The van der Waals surface area contributed by atoms with Gasteiger partial charge in [0.1, 0.15) is 5.69 Å². The monoisotopic (exact) mass is 449 g/mol. The molecular weight excluding hydrogens is 422 g/mol. The molecule has 0 unspecified atom stereocenters. The maximum absolute atomic E-state index is 13.7. The van der Waals surface area contributed by atoms with Crippen molar-refractivity contribution >= 4 is 26.7 Å². The highest BCUT2D eigenvalue weighted by Crippen LogP contribution is 2.35. The van der Waals surface area contributed by atoms with E-state index in [1.54, 1.807) is 25.1 Å². The highest BCUT2D eigenvalue weighted by atomic mass is 32.2. The highest BCUT2D eigenvalue weighted by molar-refractivity contribution is 7.92. The van der Waals surface area contributed by atoms with Crippen LogP contribution in [0.1, 0.15) is 29.0 Å². The third-order valence-electron chi connectivity index (χ3n) is 6.02. The minimum Gasteiger partial charge on any atom is -0.352 e. The number of benzene rings is 2. The summed E-state index contributed by atoms with van der Waals surface area (Å²) in [5.74, 6) is 0.486. The Balaban J connectivity index is 1.87. The normalized spacial score (nSPS) is 16.1. The summed E-state index contributed by atoms with van der Waals surface area (Å²) in [5.41, 5.74) is 2.91. The standard InChI is InChI=1S/C24H27N5O2S/c1-4-28-11-13-29(14-12-28)24-23(26-19-7-5-6-8-20(19)27-24)22(16-25)32(30,31)21-15-17(2)9-10-18(21)3/h5-10,15,22H,4,11-14H2,1-3H3/t22-/m1/s1. The number of aryl methyl sites for hydroxylation is 2. The van der Waals surface area contributed by atoms with Crippen molar-refractivity contribution in [2.75, 3.05) is 37.6 Å². The van der Waals surface area contributed by atoms with E-state index in [0.717, 1.165) is 25.2 Å². The van der Waals surface area contributed by atoms with Crippen LogP contribution in [-0.2, 0) is 9.84 Å². The summed E-state index contributed by atoms with van der Waals surface area (Å²) in [5, 5.41) is 8.64. The Labute approximate surface area is 189 Å². The van der Waals surface area contributed by atoms with E-state index in [9.17, 15) is 13.7 Å². The van der Waals surface area contributed by atoms with Crippen molar-refractivity contribution in [1.82, 2.24) is 14.9 Å². The van der Waals surface area contributed by atoms with E-state index in [4.69, 9.17) is 4.98 Å². The molecule has 0 amide bonds. The van der Waals surface area contributed by atoms with Crippen LogP contribution in [0.3, 0.4) is 0 Å². The van der Waals surface area contributed by atoms with Gasteiger partial charge in [0, 0.05) is 26.2 Å². The molecule has 1 atom stereocenters. The van der Waals surface area contributed by atoms with E-state index in [2.05, 4.69) is 21.7 Å². The molecule has 1 aromatic heterocycles. The van der Waals surface area contributed by atoms with Crippen molar-refractivity contribution in [3.63, 3.8) is 0 Å². The minimum absolute atomic E-state index is 0.167. The Morgan fingerprint density at radius 1 is 1.03 bits per heavy atom. The Kier molecular flexibility index (Phi) is 6.13. The summed E-state index contributed by atoms with van der Waals surface area (Å²) >= 11 is 0. The first kappa shape index (κ1) is 22.2. The predicted molar refractivity (Wildman–Crippen MR) is 125 cm³/mol. The molecule has 0 N–H and O–H groups in total. The SMILES string of the molecule is CCN1CCN(c2nc3ccccc3nc2[C@@H](C#N)S(=O)(=O)c2cc(C)ccc2C)CC1. The molecule has 3 aromatic rings. The van der Waals surface area contributed by atoms with Crippen molar-refractivity contribution in [1.29, 1.82) is 5.26 Å². The number of fused-ring (bicyclic) bond motifs is 1. The first-order valence-electron chi connectivity index (χ1n) is 10.8. The van der Waals surface area contributed by atoms with Gasteiger partial charge >= 0.3 is 0 Å². The van der Waals surface area contributed by atoms with E-state index in [-0.39, 0.29) is 10.6 Å². The van der Waals surface area contributed by atoms with Crippen LogP contribution in [0, 0.1) is 25.2 Å². The van der Waals surface area contributed by atoms with Gasteiger partial charge in [0.2, 0.25) is 9.84 Å². The fourth-order valence-corrected chi connectivity index (χ4v) is 5.82. The molecule has 0 bridgehead atoms. The lowest BCUT2D eigenvalue weighted by Crippen LogP contribution is -2.47. The smallest absolute Gasteiger partial charge is 0.200 e. The highest BCUT2D eigenvalue weighted by Gasteiger charge is 2.36. The van der Waals surface area contributed by atoms with Crippen molar-refractivity contribution in [3.05, 3.63) is 59.3 Å². The number of anilines is 1. The first-order chi connectivity index (χ1) is 15.3. The molecule has 1 fully saturated rings. The lowest BCUT2D eigenvalue weighted by atomic mass is 10.2. The van der Waals surface area contributed by atoms with Gasteiger partial charge in [0.05, 0.1) is 22.0 Å². The number of nitriles is 1. The molecule has 0 spiro atoms. The van der Waals surface area contributed by atoms with E-state index < -0.39 is 15.1 Å². The van der Waals surface area contributed by atoms with Crippen LogP contribution >= 0.6 is 0 Å². The number of aromatic nitrogens is 2. The molecule has 0 radical (unpaired) electrons. The molecule has 32 heavy (non-hydrogen) atoms. The van der Waals surface area contributed by atoms with Crippen molar-refractivity contribution in [3.8, 4) is 6.07 Å². The molecule has 8 heteroatoms. The lowest BCUT2D eigenvalue weighted by Gasteiger charge is -2.35. The molecule has 7 nitrogen and oxygen atoms in total. The third kappa shape index (κ3) is 4.06. The number of hydrogen-bond acceptors (Lipinski definition) is 7. The van der Waals surface area contributed by atoms with Gasteiger partial charge in [-0.15, -0.1) is 0 Å². The molecule has 166 valence electrons. The molecule has 4 rings (SSSR count). The quantitative estimate of drug-likeness (QED) is 0.589. The zero-order valence-corrected chi connectivity index (χ0v) is 19.4. The Bertz CT molecular complexity index is 1290. The average molecular weight is 450 g/mol. The molecule has 0 saturated carbocycles. The number of piperazine rings is 1. The Morgan fingerprint density at radius 2 is 1.69 bits per heavy atom. The zero-order chi connectivity index (χ0) is 22.9. The largest absolute Gasteiger partial charge is 0.352 e. The number of nitrogens with zero attached hydrogens (tertiary/aromatic N) is 5. The molecule has 1 aliphatic heterocycles. The summed E-state index contributed by atoms with van der Waals surface area (Å²) < 4.78 is 27.4. The third-order valence-corrected chi connectivity index (χ3v) is 8.03. The second kappa shape index (κ2) is 8.85. The molecule has 2 aromatic carbocycles. The van der Waals surface area contributed by atoms with Crippen LogP contribution in [0.4, 0.5) is 5.82 Å². The van der Waals surface area contributed by atoms with Gasteiger partial charge in [0.25, 0.3) is 0 Å². The number of rotatable bonds is 5. The first-order valence-corrected chi connectivity index (χ1v) is 12.3. The van der Waals surface area contributed by atoms with Crippen LogP contribution in [0.5, 0.6) is 0 Å². The predicted octanol–water partition coefficient (Wildman–Crippen LogP) is 3.43. The van der Waals surface area contributed by atoms with Gasteiger partial charge in [-0.3, -0.25) is 0 Å². The van der Waals surface area contributed by atoms with Crippen LogP contribution < -0.4 is 4.90 Å². The Hall–Kier alpha value is -3.02. The van der Waals surface area contributed by atoms with Gasteiger partial charge in [-0.05, 0) is 49.7 Å². The van der Waals surface area contributed by atoms with E-state index in [0.29, 0.717) is 35.5 Å². The van der Waals surface area contributed by atoms with E-state index in [1.165, 1.54) is 0 Å². The average Bonchev–Trinajstić information content (AvgIpc) is 2.80. The number of likely N-dealkylation sites (N-methyl/N-ethyl adjacent to an activating group) is 1. The molecular formula is C24H27N5O2S. The molecule has 0 aliphatic carbocycles. The number of hydrogen-bond donors (Lipinski definition) is 0. The van der Waals surface area contributed by atoms with Crippen LogP contribution in [0.15, 0.2) is 47.4 Å². The van der Waals surface area contributed by atoms with Crippen LogP contribution in [0.2, 0.25) is 0 Å². The topological polar surface area (TPSA) is 90.2 Å². The van der Waals surface area contributed by atoms with Crippen molar-refractivity contribution < 1.29 is 8.42 Å². The van der Waals surface area contributed by atoms with Crippen molar-refractivity contribution in [2.45, 2.75) is 30.9 Å². The van der Waals surface area contributed by atoms with Gasteiger partial charge in [-0.2, -0.15) is 5.26 Å². The maximum atomic E-state index is 13.7. The summed E-state index contributed by atoms with van der Waals surface area (Å²) in [6.45, 7) is 9.79. The van der Waals surface area contributed by atoms with Crippen LogP contribution in [-0.4, -0.2) is 56.0 Å². The van der Waals surface area contributed by atoms with Gasteiger partial charge in [0.15, 0.2) is 11.1 Å². The van der Waals surface area contributed by atoms with E-state index in [1.807, 2.05) is 37.3 Å². The maximum Gasteiger partial charge on any atom is 0.200 e. The van der Waals surface area contributed by atoms with Crippen LogP contribution in [0.25, 0.3) is 11.0 Å². The Morgan fingerprint density at radius 3 is 2.31 bits per heavy atom. The van der Waals surface area contributed by atoms with Gasteiger partial charge < -0.3 is 9.80 Å². The number of sulfone groups is 1. The summed E-state index contributed by atoms with van der Waals surface area (Å²) in [7, 11) is -4.00. The fraction of sp³-hybridized carbons (Fsp3) is 0.375. The second-order valence-corrected chi connectivity index (χ2v) is 10.2. The summed E-state index contributed by atoms with van der Waals surface area (Å²) in [4.78, 5) is 14.0. The molecule has 1 saturated heterocycles. The van der Waals surface area contributed by atoms with Gasteiger partial charge in [-0.1, -0.05) is 31.2 Å². The number of para-hydroxylation sites is 2.